The number of aromatic nitrogens is 1. The van der Waals surface area contributed by atoms with Gasteiger partial charge in [-0.1, -0.05) is 0 Å². The first-order valence-electron chi connectivity index (χ1n) is 2.97. The van der Waals surface area contributed by atoms with Gasteiger partial charge in [0.1, 0.15) is 0 Å². The van der Waals surface area contributed by atoms with E-state index >= 15 is 0 Å². The van der Waals surface area contributed by atoms with Gasteiger partial charge in [0.15, 0.2) is 0 Å². The van der Waals surface area contributed by atoms with Gasteiger partial charge in [0, 0.05) is 5.69 Å². The van der Waals surface area contributed by atoms with Crippen LogP contribution in [0.2, 0.25) is 0 Å². The lowest BCUT2D eigenvalue weighted by molar-refractivity contribution is 1.09. The first-order valence-corrected chi connectivity index (χ1v) is 4.05. The van der Waals surface area contributed by atoms with Gasteiger partial charge >= 0.3 is 0 Å². The molecule has 0 fully saturated rings. The molecular weight excluding hydrogens is 241 g/mol. The van der Waals surface area contributed by atoms with E-state index in [1.54, 1.807) is 0 Å². The SMILES string of the molecule is Cc1cc(I)c(=O)[nH]c1C. The number of nitrogens with one attached hydrogen (secondary N) is 1. The maximum absolute atomic E-state index is 10.9. The highest BCUT2D eigenvalue weighted by molar-refractivity contribution is 14.1. The summed E-state index contributed by atoms with van der Waals surface area (Å²) in [4.78, 5) is 13.7. The van der Waals surface area contributed by atoms with Crippen LogP contribution in [0.5, 0.6) is 0 Å². The Kier molecular flexibility index (Phi) is 2.13. The minimum absolute atomic E-state index is 0.00343. The van der Waals surface area contributed by atoms with Gasteiger partial charge < -0.3 is 4.98 Å². The normalized spacial score (nSPS) is 9.90. The summed E-state index contributed by atoms with van der Waals surface area (Å²) < 4.78 is 0.751. The predicted molar refractivity (Wildman–Crippen MR) is 49.3 cm³/mol. The van der Waals surface area contributed by atoms with Crippen molar-refractivity contribution < 1.29 is 0 Å². The molecule has 0 amide bonds. The van der Waals surface area contributed by atoms with Crippen LogP contribution in [0.25, 0.3) is 0 Å². The van der Waals surface area contributed by atoms with E-state index in [4.69, 9.17) is 0 Å². The van der Waals surface area contributed by atoms with Gasteiger partial charge in [-0.05, 0) is 48.1 Å². The molecule has 0 unspecified atom stereocenters. The third-order valence-electron chi connectivity index (χ3n) is 1.45. The maximum Gasteiger partial charge on any atom is 0.261 e. The quantitative estimate of drug-likeness (QED) is 0.696. The summed E-state index contributed by atoms with van der Waals surface area (Å²) in [6.07, 6.45) is 0. The van der Waals surface area contributed by atoms with Crippen molar-refractivity contribution in [3.05, 3.63) is 31.2 Å². The molecule has 0 aliphatic rings. The Bertz CT molecular complexity index is 303. The fourth-order valence-corrected chi connectivity index (χ4v) is 1.29. The summed E-state index contributed by atoms with van der Waals surface area (Å²) in [7, 11) is 0. The average molecular weight is 249 g/mol. The molecule has 0 saturated heterocycles. The lowest BCUT2D eigenvalue weighted by atomic mass is 10.2. The molecule has 0 aliphatic heterocycles. The molecule has 0 aliphatic carbocycles. The Hall–Kier alpha value is -0.320. The van der Waals surface area contributed by atoms with Crippen LogP contribution in [-0.2, 0) is 0 Å². The third-order valence-corrected chi connectivity index (χ3v) is 2.25. The maximum atomic E-state index is 10.9. The number of hydrogen-bond donors (Lipinski definition) is 1. The molecule has 0 bridgehead atoms. The number of hydrogen-bond acceptors (Lipinski definition) is 1. The summed E-state index contributed by atoms with van der Waals surface area (Å²) in [5.41, 5.74) is 2.08. The number of aromatic amines is 1. The number of rotatable bonds is 0. The van der Waals surface area contributed by atoms with Gasteiger partial charge in [0.05, 0.1) is 3.57 Å². The summed E-state index contributed by atoms with van der Waals surface area (Å²) in [6, 6.07) is 1.88. The van der Waals surface area contributed by atoms with E-state index in [0.717, 1.165) is 14.8 Å². The van der Waals surface area contributed by atoms with Crippen molar-refractivity contribution in [1.29, 1.82) is 0 Å². The molecule has 1 aromatic rings. The zero-order valence-corrected chi connectivity index (χ0v) is 8.02. The third kappa shape index (κ3) is 1.39. The van der Waals surface area contributed by atoms with Gasteiger partial charge in [-0.3, -0.25) is 4.79 Å². The van der Waals surface area contributed by atoms with Crippen molar-refractivity contribution in [3.63, 3.8) is 0 Å². The van der Waals surface area contributed by atoms with Gasteiger partial charge in [-0.25, -0.2) is 0 Å². The van der Waals surface area contributed by atoms with Crippen LogP contribution in [0.3, 0.4) is 0 Å². The minimum Gasteiger partial charge on any atom is -0.325 e. The Labute approximate surface area is 72.8 Å². The second kappa shape index (κ2) is 2.74. The average Bonchev–Trinajstić information content (AvgIpc) is 1.84. The summed E-state index contributed by atoms with van der Waals surface area (Å²) >= 11 is 2.02. The molecule has 2 nitrogen and oxygen atoms in total. The number of pyridine rings is 1. The summed E-state index contributed by atoms with van der Waals surface area (Å²) in [5.74, 6) is 0. The van der Waals surface area contributed by atoms with Crippen molar-refractivity contribution in [3.8, 4) is 0 Å². The van der Waals surface area contributed by atoms with Crippen LogP contribution in [-0.4, -0.2) is 4.98 Å². The highest BCUT2D eigenvalue weighted by Gasteiger charge is 1.96. The summed E-state index contributed by atoms with van der Waals surface area (Å²) in [6.45, 7) is 3.88. The molecule has 1 rings (SSSR count). The van der Waals surface area contributed by atoms with E-state index in [1.807, 2.05) is 42.5 Å². The highest BCUT2D eigenvalue weighted by atomic mass is 127. The van der Waals surface area contributed by atoms with Gasteiger partial charge in [-0.15, -0.1) is 0 Å². The molecule has 1 heterocycles. The second-order valence-electron chi connectivity index (χ2n) is 2.25. The van der Waals surface area contributed by atoms with E-state index < -0.39 is 0 Å². The molecule has 0 spiro atoms. The number of H-pyrrole nitrogens is 1. The van der Waals surface area contributed by atoms with Crippen molar-refractivity contribution >= 4 is 22.6 Å². The van der Waals surface area contributed by atoms with Crippen LogP contribution in [0, 0.1) is 17.4 Å². The van der Waals surface area contributed by atoms with Crippen molar-refractivity contribution in [2.24, 2.45) is 0 Å². The number of aryl methyl sites for hydroxylation is 2. The molecular formula is C7H8INO. The van der Waals surface area contributed by atoms with Gasteiger partial charge in [-0.2, -0.15) is 0 Å². The van der Waals surface area contributed by atoms with Crippen molar-refractivity contribution in [2.75, 3.05) is 0 Å². The van der Waals surface area contributed by atoms with E-state index in [-0.39, 0.29) is 5.56 Å². The van der Waals surface area contributed by atoms with Crippen LogP contribution >= 0.6 is 22.6 Å². The van der Waals surface area contributed by atoms with Crippen LogP contribution in [0.15, 0.2) is 10.9 Å². The molecule has 54 valence electrons. The van der Waals surface area contributed by atoms with E-state index in [1.165, 1.54) is 0 Å². The lowest BCUT2D eigenvalue weighted by Crippen LogP contribution is -2.11. The highest BCUT2D eigenvalue weighted by Crippen LogP contribution is 2.03. The molecule has 1 N–H and O–H groups in total. The molecule has 10 heavy (non-hydrogen) atoms. The smallest absolute Gasteiger partial charge is 0.261 e. The molecule has 1 aromatic heterocycles. The van der Waals surface area contributed by atoms with Gasteiger partial charge in [0.2, 0.25) is 0 Å². The topological polar surface area (TPSA) is 32.9 Å². The molecule has 0 atom stereocenters. The molecule has 0 saturated carbocycles. The van der Waals surface area contributed by atoms with E-state index in [9.17, 15) is 4.79 Å². The largest absolute Gasteiger partial charge is 0.325 e. The lowest BCUT2D eigenvalue weighted by Gasteiger charge is -1.97. The zero-order valence-electron chi connectivity index (χ0n) is 5.86. The first-order chi connectivity index (χ1) is 4.61. The Morgan fingerprint density at radius 1 is 1.50 bits per heavy atom. The van der Waals surface area contributed by atoms with Crippen LogP contribution < -0.4 is 5.56 Å². The van der Waals surface area contributed by atoms with Crippen molar-refractivity contribution in [1.82, 2.24) is 4.98 Å². The second-order valence-corrected chi connectivity index (χ2v) is 3.42. The zero-order chi connectivity index (χ0) is 7.72. The molecule has 3 heteroatoms. The van der Waals surface area contributed by atoms with E-state index in [0.29, 0.717) is 0 Å². The Morgan fingerprint density at radius 3 is 2.60 bits per heavy atom. The van der Waals surface area contributed by atoms with Crippen LogP contribution in [0.4, 0.5) is 0 Å². The fraction of sp³-hybridized carbons (Fsp3) is 0.286. The first kappa shape index (κ1) is 7.78. The standard InChI is InChI=1S/C7H8INO/c1-4-3-6(8)7(10)9-5(4)2/h3H,1-2H3,(H,9,10). The minimum atomic E-state index is 0.00343. The Morgan fingerprint density at radius 2 is 2.10 bits per heavy atom. The number of halogens is 1. The monoisotopic (exact) mass is 249 g/mol. The summed E-state index contributed by atoms with van der Waals surface area (Å²) in [5, 5.41) is 0. The van der Waals surface area contributed by atoms with Crippen molar-refractivity contribution in [2.45, 2.75) is 13.8 Å². The fourth-order valence-electron chi connectivity index (χ4n) is 0.692. The van der Waals surface area contributed by atoms with Gasteiger partial charge in [0.25, 0.3) is 5.56 Å². The van der Waals surface area contributed by atoms with E-state index in [2.05, 4.69) is 4.98 Å². The molecule has 0 radical (unpaired) electrons. The predicted octanol–water partition coefficient (Wildman–Crippen LogP) is 1.60. The molecule has 0 aromatic carbocycles. The van der Waals surface area contributed by atoms with Crippen LogP contribution in [0.1, 0.15) is 11.3 Å². The Balaban J connectivity index is 3.43.